The Labute approximate surface area is 97.0 Å². The fourth-order valence-electron chi connectivity index (χ4n) is 2.53. The number of nitrogens with one attached hydrogen (secondary N) is 1. The third kappa shape index (κ3) is 1.79. The fraction of sp³-hybridized carbons (Fsp3) is 0.429. The second-order valence-corrected chi connectivity index (χ2v) is 4.83. The predicted molar refractivity (Wildman–Crippen MR) is 67.1 cm³/mol. The lowest BCUT2D eigenvalue weighted by atomic mass is 9.96. The highest BCUT2D eigenvalue weighted by Gasteiger charge is 2.13. The van der Waals surface area contributed by atoms with Gasteiger partial charge in [-0.05, 0) is 41.8 Å². The van der Waals surface area contributed by atoms with Crippen molar-refractivity contribution in [2.24, 2.45) is 0 Å². The van der Waals surface area contributed by atoms with Gasteiger partial charge in [0.2, 0.25) is 0 Å². The number of hydrogen-bond acceptors (Lipinski definition) is 2. The SMILES string of the molecule is CN1CC=C(c2ccc3c(c2)CNC3)CC1. The molecule has 0 amide bonds. The Morgan fingerprint density at radius 2 is 2.06 bits per heavy atom. The minimum atomic E-state index is 1.04. The largest absolute Gasteiger partial charge is 0.309 e. The molecule has 2 heterocycles. The molecule has 0 bridgehead atoms. The third-order valence-corrected chi connectivity index (χ3v) is 3.62. The quantitative estimate of drug-likeness (QED) is 0.769. The lowest BCUT2D eigenvalue weighted by molar-refractivity contribution is 0.370. The smallest absolute Gasteiger partial charge is 0.0212 e. The van der Waals surface area contributed by atoms with Crippen molar-refractivity contribution in [3.63, 3.8) is 0 Å². The van der Waals surface area contributed by atoms with Gasteiger partial charge in [-0.3, -0.25) is 0 Å². The molecule has 2 nitrogen and oxygen atoms in total. The Balaban J connectivity index is 1.90. The van der Waals surface area contributed by atoms with E-state index in [1.54, 1.807) is 0 Å². The molecule has 0 unspecified atom stereocenters. The zero-order valence-electron chi connectivity index (χ0n) is 9.79. The highest BCUT2D eigenvalue weighted by atomic mass is 15.1. The van der Waals surface area contributed by atoms with Crippen LogP contribution in [-0.2, 0) is 13.1 Å². The van der Waals surface area contributed by atoms with E-state index < -0.39 is 0 Å². The van der Waals surface area contributed by atoms with Crippen LogP contribution in [0.15, 0.2) is 24.3 Å². The zero-order chi connectivity index (χ0) is 11.0. The van der Waals surface area contributed by atoms with Gasteiger partial charge in [-0.1, -0.05) is 18.2 Å². The normalized spacial score (nSPS) is 20.7. The van der Waals surface area contributed by atoms with Crippen molar-refractivity contribution in [1.82, 2.24) is 10.2 Å². The molecule has 0 radical (unpaired) electrons. The number of nitrogens with zero attached hydrogens (tertiary/aromatic N) is 1. The predicted octanol–water partition coefficient (Wildman–Crippen LogP) is 2.01. The van der Waals surface area contributed by atoms with Gasteiger partial charge in [0.25, 0.3) is 0 Å². The van der Waals surface area contributed by atoms with E-state index in [1.165, 1.54) is 35.2 Å². The monoisotopic (exact) mass is 214 g/mol. The maximum Gasteiger partial charge on any atom is 0.0212 e. The van der Waals surface area contributed by atoms with E-state index in [2.05, 4.69) is 41.5 Å². The van der Waals surface area contributed by atoms with Crippen LogP contribution in [0.4, 0.5) is 0 Å². The molecule has 16 heavy (non-hydrogen) atoms. The third-order valence-electron chi connectivity index (χ3n) is 3.62. The molecule has 84 valence electrons. The van der Waals surface area contributed by atoms with Crippen molar-refractivity contribution in [1.29, 1.82) is 0 Å². The van der Waals surface area contributed by atoms with E-state index in [1.807, 2.05) is 0 Å². The first-order valence-corrected chi connectivity index (χ1v) is 6.03. The molecule has 0 aromatic heterocycles. The van der Waals surface area contributed by atoms with Crippen LogP contribution >= 0.6 is 0 Å². The van der Waals surface area contributed by atoms with Gasteiger partial charge in [0.15, 0.2) is 0 Å². The van der Waals surface area contributed by atoms with Crippen LogP contribution in [0.5, 0.6) is 0 Å². The second-order valence-electron chi connectivity index (χ2n) is 4.83. The number of likely N-dealkylation sites (N-methyl/N-ethyl adjacent to an activating group) is 1. The van der Waals surface area contributed by atoms with Crippen LogP contribution in [0.3, 0.4) is 0 Å². The van der Waals surface area contributed by atoms with Gasteiger partial charge in [0.05, 0.1) is 0 Å². The van der Waals surface area contributed by atoms with E-state index >= 15 is 0 Å². The molecule has 2 aliphatic heterocycles. The number of fused-ring (bicyclic) bond motifs is 1. The molecule has 3 rings (SSSR count). The van der Waals surface area contributed by atoms with Crippen molar-refractivity contribution in [3.8, 4) is 0 Å². The van der Waals surface area contributed by atoms with Crippen molar-refractivity contribution in [2.45, 2.75) is 19.5 Å². The Morgan fingerprint density at radius 3 is 2.88 bits per heavy atom. The highest BCUT2D eigenvalue weighted by Crippen LogP contribution is 2.25. The molecule has 0 saturated heterocycles. The van der Waals surface area contributed by atoms with Gasteiger partial charge in [0, 0.05) is 26.2 Å². The summed E-state index contributed by atoms with van der Waals surface area (Å²) >= 11 is 0. The minimum Gasteiger partial charge on any atom is -0.309 e. The Hall–Kier alpha value is -1.12. The van der Waals surface area contributed by atoms with Gasteiger partial charge < -0.3 is 10.2 Å². The van der Waals surface area contributed by atoms with Crippen LogP contribution in [0.1, 0.15) is 23.1 Å². The molecule has 0 fully saturated rings. The van der Waals surface area contributed by atoms with E-state index in [0.29, 0.717) is 0 Å². The topological polar surface area (TPSA) is 15.3 Å². The summed E-state index contributed by atoms with van der Waals surface area (Å²) in [5.74, 6) is 0. The van der Waals surface area contributed by atoms with Crippen LogP contribution < -0.4 is 5.32 Å². The summed E-state index contributed by atoms with van der Waals surface area (Å²) in [7, 11) is 2.18. The molecule has 1 aromatic rings. The summed E-state index contributed by atoms with van der Waals surface area (Å²) in [6.45, 7) is 4.35. The zero-order valence-corrected chi connectivity index (χ0v) is 9.79. The summed E-state index contributed by atoms with van der Waals surface area (Å²) in [6, 6.07) is 6.93. The maximum absolute atomic E-state index is 3.40. The number of rotatable bonds is 1. The Bertz CT molecular complexity index is 434. The Kier molecular flexibility index (Phi) is 2.54. The van der Waals surface area contributed by atoms with Gasteiger partial charge in [-0.2, -0.15) is 0 Å². The van der Waals surface area contributed by atoms with Crippen LogP contribution in [0.25, 0.3) is 5.57 Å². The molecular formula is C14H18N2. The first kappa shape index (κ1) is 10.1. The average molecular weight is 214 g/mol. The van der Waals surface area contributed by atoms with Crippen molar-refractivity contribution < 1.29 is 0 Å². The number of hydrogen-bond donors (Lipinski definition) is 1. The summed E-state index contributed by atoms with van der Waals surface area (Å²) in [6.07, 6.45) is 3.55. The highest BCUT2D eigenvalue weighted by molar-refractivity contribution is 5.67. The summed E-state index contributed by atoms with van der Waals surface area (Å²) in [4.78, 5) is 2.36. The minimum absolute atomic E-state index is 1.04. The fourth-order valence-corrected chi connectivity index (χ4v) is 2.53. The first-order chi connectivity index (χ1) is 7.83. The summed E-state index contributed by atoms with van der Waals surface area (Å²) in [5.41, 5.74) is 5.90. The molecule has 2 heteroatoms. The first-order valence-electron chi connectivity index (χ1n) is 6.03. The average Bonchev–Trinajstić information content (AvgIpc) is 2.77. The lowest BCUT2D eigenvalue weighted by Crippen LogP contribution is -2.23. The maximum atomic E-state index is 3.40. The van der Waals surface area contributed by atoms with Crippen molar-refractivity contribution >= 4 is 5.57 Å². The number of benzene rings is 1. The van der Waals surface area contributed by atoms with Gasteiger partial charge in [0.1, 0.15) is 0 Å². The summed E-state index contributed by atoms with van der Waals surface area (Å²) in [5, 5.41) is 3.40. The Morgan fingerprint density at radius 1 is 1.19 bits per heavy atom. The molecule has 0 spiro atoms. The van der Waals surface area contributed by atoms with Gasteiger partial charge in [-0.15, -0.1) is 0 Å². The van der Waals surface area contributed by atoms with E-state index in [9.17, 15) is 0 Å². The van der Waals surface area contributed by atoms with E-state index in [-0.39, 0.29) is 0 Å². The van der Waals surface area contributed by atoms with Crippen LogP contribution in [0, 0.1) is 0 Å². The molecule has 0 aliphatic carbocycles. The van der Waals surface area contributed by atoms with Crippen molar-refractivity contribution in [2.75, 3.05) is 20.1 Å². The van der Waals surface area contributed by atoms with Crippen LogP contribution in [0.2, 0.25) is 0 Å². The van der Waals surface area contributed by atoms with Crippen molar-refractivity contribution in [3.05, 3.63) is 41.0 Å². The standard InChI is InChI=1S/C14H18N2/c1-16-6-4-11(5-7-16)12-2-3-13-9-15-10-14(13)8-12/h2-4,8,15H,5-7,9-10H2,1H3. The molecule has 1 N–H and O–H groups in total. The van der Waals surface area contributed by atoms with E-state index in [0.717, 1.165) is 19.6 Å². The molecule has 2 aliphatic rings. The molecule has 0 saturated carbocycles. The molecule has 0 atom stereocenters. The van der Waals surface area contributed by atoms with Gasteiger partial charge >= 0.3 is 0 Å². The van der Waals surface area contributed by atoms with Gasteiger partial charge in [-0.25, -0.2) is 0 Å². The second kappa shape index (κ2) is 4.04. The lowest BCUT2D eigenvalue weighted by Gasteiger charge is -2.22. The summed E-state index contributed by atoms with van der Waals surface area (Å²) < 4.78 is 0. The molecule has 1 aromatic carbocycles. The van der Waals surface area contributed by atoms with Crippen LogP contribution in [-0.4, -0.2) is 25.0 Å². The molecular weight excluding hydrogens is 196 g/mol. The van der Waals surface area contributed by atoms with E-state index in [4.69, 9.17) is 0 Å².